The zero-order chi connectivity index (χ0) is 10.7. The van der Waals surface area contributed by atoms with Gasteiger partial charge in [0.05, 0.1) is 6.61 Å². The van der Waals surface area contributed by atoms with Crippen molar-refractivity contribution in [3.8, 4) is 0 Å². The molecule has 2 rings (SSSR count). The molecule has 0 amide bonds. The minimum Gasteiger partial charge on any atom is -0.383 e. The molecule has 1 saturated heterocycles. The summed E-state index contributed by atoms with van der Waals surface area (Å²) in [4.78, 5) is 0. The fourth-order valence-corrected chi connectivity index (χ4v) is 2.42. The number of halogens is 1. The van der Waals surface area contributed by atoms with E-state index in [4.69, 9.17) is 16.3 Å². The fraction of sp³-hybridized carbons (Fsp3) is 0.500. The van der Waals surface area contributed by atoms with Gasteiger partial charge in [0.25, 0.3) is 0 Å². The highest BCUT2D eigenvalue weighted by atomic mass is 35.5. The van der Waals surface area contributed by atoms with E-state index in [0.717, 1.165) is 24.5 Å². The summed E-state index contributed by atoms with van der Waals surface area (Å²) in [6, 6.07) is 8.90. The molecule has 1 aliphatic rings. The Morgan fingerprint density at radius 1 is 1.40 bits per heavy atom. The second-order valence-electron chi connectivity index (χ2n) is 3.97. The first kappa shape index (κ1) is 10.9. The molecule has 1 N–H and O–H groups in total. The molecule has 1 fully saturated rings. The standard InChI is InChI=1S/C12H16ClNO/c1-15-8-9-6-7-12(14-9)10-4-2-3-5-11(10)13/h2-5,9,12,14H,6-8H2,1H3. The van der Waals surface area contributed by atoms with Crippen LogP contribution >= 0.6 is 11.6 Å². The van der Waals surface area contributed by atoms with Crippen LogP contribution in [0.1, 0.15) is 24.4 Å². The van der Waals surface area contributed by atoms with Crippen LogP contribution in [-0.2, 0) is 4.74 Å². The van der Waals surface area contributed by atoms with Gasteiger partial charge < -0.3 is 10.1 Å². The molecule has 1 aliphatic heterocycles. The van der Waals surface area contributed by atoms with Crippen molar-refractivity contribution in [3.05, 3.63) is 34.9 Å². The molecule has 0 aromatic heterocycles. The van der Waals surface area contributed by atoms with E-state index in [1.807, 2.05) is 18.2 Å². The summed E-state index contributed by atoms with van der Waals surface area (Å²) in [6.45, 7) is 0.779. The third kappa shape index (κ3) is 2.51. The lowest BCUT2D eigenvalue weighted by Gasteiger charge is -2.15. The maximum absolute atomic E-state index is 6.16. The van der Waals surface area contributed by atoms with Crippen LogP contribution in [0, 0.1) is 0 Å². The van der Waals surface area contributed by atoms with E-state index >= 15 is 0 Å². The van der Waals surface area contributed by atoms with Gasteiger partial charge in [0.2, 0.25) is 0 Å². The van der Waals surface area contributed by atoms with Gasteiger partial charge >= 0.3 is 0 Å². The van der Waals surface area contributed by atoms with Crippen LogP contribution in [0.25, 0.3) is 0 Å². The molecule has 0 spiro atoms. The summed E-state index contributed by atoms with van der Waals surface area (Å²) in [6.07, 6.45) is 2.29. The first-order valence-electron chi connectivity index (χ1n) is 5.30. The Labute approximate surface area is 95.6 Å². The van der Waals surface area contributed by atoms with Crippen LogP contribution in [0.4, 0.5) is 0 Å². The summed E-state index contributed by atoms with van der Waals surface area (Å²) in [5.41, 5.74) is 1.21. The molecule has 3 heteroatoms. The molecule has 0 radical (unpaired) electrons. The average Bonchev–Trinajstić information content (AvgIpc) is 2.68. The Hall–Kier alpha value is -0.570. The summed E-state index contributed by atoms with van der Waals surface area (Å²) in [7, 11) is 1.74. The minimum atomic E-state index is 0.388. The first-order valence-corrected chi connectivity index (χ1v) is 5.68. The van der Waals surface area contributed by atoms with Crippen molar-refractivity contribution in [1.29, 1.82) is 0 Å². The number of hydrogen-bond acceptors (Lipinski definition) is 2. The van der Waals surface area contributed by atoms with Crippen LogP contribution in [-0.4, -0.2) is 19.8 Å². The fourth-order valence-electron chi connectivity index (χ4n) is 2.15. The number of rotatable bonds is 3. The lowest BCUT2D eigenvalue weighted by molar-refractivity contribution is 0.172. The average molecular weight is 226 g/mol. The van der Waals surface area contributed by atoms with E-state index in [-0.39, 0.29) is 0 Å². The summed E-state index contributed by atoms with van der Waals surface area (Å²) >= 11 is 6.16. The van der Waals surface area contributed by atoms with Gasteiger partial charge in [-0.05, 0) is 24.5 Å². The zero-order valence-electron chi connectivity index (χ0n) is 8.87. The quantitative estimate of drug-likeness (QED) is 0.854. The van der Waals surface area contributed by atoms with Crippen molar-refractivity contribution in [3.63, 3.8) is 0 Å². The molecular weight excluding hydrogens is 210 g/mol. The third-order valence-corrected chi connectivity index (χ3v) is 3.23. The van der Waals surface area contributed by atoms with Gasteiger partial charge in [0, 0.05) is 24.2 Å². The largest absolute Gasteiger partial charge is 0.383 e. The third-order valence-electron chi connectivity index (χ3n) is 2.89. The van der Waals surface area contributed by atoms with Crippen molar-refractivity contribution >= 4 is 11.6 Å². The highest BCUT2D eigenvalue weighted by Gasteiger charge is 2.25. The minimum absolute atomic E-state index is 0.388. The van der Waals surface area contributed by atoms with Crippen LogP contribution in [0.5, 0.6) is 0 Å². The topological polar surface area (TPSA) is 21.3 Å². The van der Waals surface area contributed by atoms with E-state index in [2.05, 4.69) is 11.4 Å². The molecule has 2 atom stereocenters. The Bertz CT molecular complexity index is 329. The Morgan fingerprint density at radius 2 is 2.20 bits per heavy atom. The van der Waals surface area contributed by atoms with Gasteiger partial charge in [-0.2, -0.15) is 0 Å². The van der Waals surface area contributed by atoms with Gasteiger partial charge in [0.15, 0.2) is 0 Å². The predicted octanol–water partition coefficient (Wildman–Crippen LogP) is 2.78. The second-order valence-corrected chi connectivity index (χ2v) is 4.38. The number of ether oxygens (including phenoxy) is 1. The van der Waals surface area contributed by atoms with E-state index in [0.29, 0.717) is 12.1 Å². The monoisotopic (exact) mass is 225 g/mol. The number of nitrogens with one attached hydrogen (secondary N) is 1. The Morgan fingerprint density at radius 3 is 2.93 bits per heavy atom. The predicted molar refractivity (Wildman–Crippen MR) is 62.2 cm³/mol. The maximum Gasteiger partial charge on any atom is 0.0616 e. The summed E-state index contributed by atoms with van der Waals surface area (Å²) < 4.78 is 5.14. The van der Waals surface area contributed by atoms with Crippen LogP contribution < -0.4 is 5.32 Å². The van der Waals surface area contributed by atoms with Crippen molar-refractivity contribution in [2.45, 2.75) is 24.9 Å². The molecule has 0 saturated carbocycles. The zero-order valence-corrected chi connectivity index (χ0v) is 9.63. The Balaban J connectivity index is 2.04. The van der Waals surface area contributed by atoms with Crippen LogP contribution in [0.15, 0.2) is 24.3 Å². The smallest absolute Gasteiger partial charge is 0.0616 e. The van der Waals surface area contributed by atoms with E-state index in [1.165, 1.54) is 5.56 Å². The normalized spacial score (nSPS) is 25.7. The second kappa shape index (κ2) is 4.97. The molecule has 0 bridgehead atoms. The number of methoxy groups -OCH3 is 1. The van der Waals surface area contributed by atoms with E-state index in [9.17, 15) is 0 Å². The summed E-state index contributed by atoms with van der Waals surface area (Å²) in [5, 5.41) is 4.39. The first-order chi connectivity index (χ1) is 7.31. The molecule has 0 aliphatic carbocycles. The van der Waals surface area contributed by atoms with Gasteiger partial charge in [-0.25, -0.2) is 0 Å². The van der Waals surface area contributed by atoms with Gasteiger partial charge in [-0.3, -0.25) is 0 Å². The summed E-state index contributed by atoms with van der Waals surface area (Å²) in [5.74, 6) is 0. The molecule has 1 aromatic rings. The molecule has 1 aromatic carbocycles. The van der Waals surface area contributed by atoms with Gasteiger partial charge in [-0.1, -0.05) is 29.8 Å². The van der Waals surface area contributed by atoms with Crippen molar-refractivity contribution < 1.29 is 4.74 Å². The van der Waals surface area contributed by atoms with Gasteiger partial charge in [0.1, 0.15) is 0 Å². The Kier molecular flexibility index (Phi) is 3.62. The van der Waals surface area contributed by atoms with E-state index < -0.39 is 0 Å². The molecule has 15 heavy (non-hydrogen) atoms. The lowest BCUT2D eigenvalue weighted by atomic mass is 10.1. The maximum atomic E-state index is 6.16. The van der Waals surface area contributed by atoms with Crippen LogP contribution in [0.2, 0.25) is 5.02 Å². The number of hydrogen-bond donors (Lipinski definition) is 1. The molecule has 2 unspecified atom stereocenters. The van der Waals surface area contributed by atoms with Crippen LogP contribution in [0.3, 0.4) is 0 Å². The molecular formula is C12H16ClNO. The van der Waals surface area contributed by atoms with Crippen molar-refractivity contribution in [2.75, 3.05) is 13.7 Å². The molecule has 82 valence electrons. The van der Waals surface area contributed by atoms with Crippen molar-refractivity contribution in [1.82, 2.24) is 5.32 Å². The molecule has 2 nitrogen and oxygen atoms in total. The number of benzene rings is 1. The van der Waals surface area contributed by atoms with E-state index in [1.54, 1.807) is 7.11 Å². The highest BCUT2D eigenvalue weighted by Crippen LogP contribution is 2.30. The highest BCUT2D eigenvalue weighted by molar-refractivity contribution is 6.31. The molecule has 1 heterocycles. The van der Waals surface area contributed by atoms with Gasteiger partial charge in [-0.15, -0.1) is 0 Å². The SMILES string of the molecule is COCC1CCC(c2ccccc2Cl)N1. The lowest BCUT2D eigenvalue weighted by Crippen LogP contribution is -2.28. The van der Waals surface area contributed by atoms with Crippen molar-refractivity contribution in [2.24, 2.45) is 0 Å².